The molecule has 0 saturated carbocycles. The van der Waals surface area contributed by atoms with Gasteiger partial charge in [0.1, 0.15) is 0 Å². The molecule has 1 fully saturated rings. The van der Waals surface area contributed by atoms with Gasteiger partial charge in [0, 0.05) is 42.4 Å². The molecule has 2 unspecified atom stereocenters. The van der Waals surface area contributed by atoms with Gasteiger partial charge in [-0.05, 0) is 50.0 Å². The molecule has 2 atom stereocenters. The molecule has 0 aromatic heterocycles. The van der Waals surface area contributed by atoms with Crippen LogP contribution in [0, 0.1) is 0 Å². The first-order valence-corrected chi connectivity index (χ1v) is 10.5. The number of piperazine rings is 1. The van der Waals surface area contributed by atoms with Gasteiger partial charge in [-0.3, -0.25) is 4.90 Å². The lowest BCUT2D eigenvalue weighted by molar-refractivity contribution is 0.0973. The molecule has 144 valence electrons. The highest BCUT2D eigenvalue weighted by molar-refractivity contribution is 9.10. The van der Waals surface area contributed by atoms with Crippen molar-refractivity contribution < 1.29 is 0 Å². The molecule has 0 amide bonds. The molecule has 0 aliphatic carbocycles. The molecular formula is C21H27BrN4S. The molecule has 0 radical (unpaired) electrons. The van der Waals surface area contributed by atoms with Gasteiger partial charge in [-0.2, -0.15) is 0 Å². The third-order valence-electron chi connectivity index (χ3n) is 4.99. The minimum Gasteiger partial charge on any atom is -0.358 e. The molecule has 3 rings (SSSR count). The van der Waals surface area contributed by atoms with Crippen LogP contribution in [0.3, 0.4) is 0 Å². The van der Waals surface area contributed by atoms with Crippen molar-refractivity contribution in [3.8, 4) is 0 Å². The number of anilines is 1. The van der Waals surface area contributed by atoms with Crippen molar-refractivity contribution in [2.24, 2.45) is 0 Å². The smallest absolute Gasteiger partial charge is 0.171 e. The Balaban J connectivity index is 1.70. The minimum atomic E-state index is 0.183. The normalized spacial score (nSPS) is 17.9. The van der Waals surface area contributed by atoms with E-state index in [1.165, 1.54) is 5.56 Å². The third-order valence-corrected chi connectivity index (χ3v) is 5.70. The summed E-state index contributed by atoms with van der Waals surface area (Å²) < 4.78 is 1.03. The van der Waals surface area contributed by atoms with E-state index in [1.807, 2.05) is 24.3 Å². The molecule has 1 aliphatic heterocycles. The van der Waals surface area contributed by atoms with Crippen LogP contribution in [-0.4, -0.2) is 54.2 Å². The number of likely N-dealkylation sites (N-methyl/N-ethyl adjacent to an activating group) is 1. The number of halogens is 1. The fourth-order valence-electron chi connectivity index (χ4n) is 3.59. The van der Waals surface area contributed by atoms with Gasteiger partial charge < -0.3 is 15.5 Å². The predicted molar refractivity (Wildman–Crippen MR) is 121 cm³/mol. The van der Waals surface area contributed by atoms with Crippen molar-refractivity contribution >= 4 is 38.9 Å². The molecule has 6 heteroatoms. The Labute approximate surface area is 176 Å². The number of benzene rings is 2. The molecule has 2 aromatic carbocycles. The van der Waals surface area contributed by atoms with E-state index >= 15 is 0 Å². The van der Waals surface area contributed by atoms with E-state index in [1.54, 1.807) is 0 Å². The molecule has 0 spiro atoms. The van der Waals surface area contributed by atoms with Crippen molar-refractivity contribution in [2.45, 2.75) is 19.0 Å². The van der Waals surface area contributed by atoms with Crippen molar-refractivity contribution in [1.82, 2.24) is 15.1 Å². The highest BCUT2D eigenvalue weighted by Gasteiger charge is 2.28. The van der Waals surface area contributed by atoms with Gasteiger partial charge >= 0.3 is 0 Å². The fourth-order valence-corrected chi connectivity index (χ4v) is 4.29. The molecule has 2 aromatic rings. The predicted octanol–water partition coefficient (Wildman–Crippen LogP) is 4.11. The van der Waals surface area contributed by atoms with Crippen molar-refractivity contribution in [1.29, 1.82) is 0 Å². The maximum Gasteiger partial charge on any atom is 0.171 e. The first kappa shape index (κ1) is 20.3. The second kappa shape index (κ2) is 9.64. The fraction of sp³-hybridized carbons (Fsp3) is 0.381. The second-order valence-corrected chi connectivity index (χ2v) is 8.42. The Bertz CT molecular complexity index is 747. The van der Waals surface area contributed by atoms with Crippen LogP contribution < -0.4 is 10.6 Å². The van der Waals surface area contributed by atoms with Gasteiger partial charge in [0.2, 0.25) is 0 Å². The van der Waals surface area contributed by atoms with Crippen LogP contribution in [-0.2, 0) is 0 Å². The van der Waals surface area contributed by atoms with E-state index in [4.69, 9.17) is 12.2 Å². The van der Waals surface area contributed by atoms with E-state index in [-0.39, 0.29) is 12.1 Å². The first-order chi connectivity index (χ1) is 13.0. The number of rotatable bonds is 5. The lowest BCUT2D eigenvalue weighted by atomic mass is 9.98. The topological polar surface area (TPSA) is 30.5 Å². The van der Waals surface area contributed by atoms with Crippen LogP contribution in [0.2, 0.25) is 0 Å². The van der Waals surface area contributed by atoms with E-state index in [2.05, 4.69) is 80.7 Å². The molecule has 2 N–H and O–H groups in total. The average Bonchev–Trinajstić information content (AvgIpc) is 2.64. The van der Waals surface area contributed by atoms with Gasteiger partial charge in [0.15, 0.2) is 5.11 Å². The second-order valence-electron chi connectivity index (χ2n) is 7.09. The molecular weight excluding hydrogens is 420 g/mol. The Morgan fingerprint density at radius 2 is 1.74 bits per heavy atom. The molecule has 0 bridgehead atoms. The molecule has 1 aliphatic rings. The van der Waals surface area contributed by atoms with Crippen LogP contribution in [0.25, 0.3) is 0 Å². The number of hydrogen-bond acceptors (Lipinski definition) is 3. The van der Waals surface area contributed by atoms with Crippen molar-refractivity contribution in [3.05, 3.63) is 64.6 Å². The van der Waals surface area contributed by atoms with Gasteiger partial charge in [0.05, 0.1) is 6.04 Å². The lowest BCUT2D eigenvalue weighted by Gasteiger charge is -2.41. The zero-order valence-electron chi connectivity index (χ0n) is 15.9. The zero-order valence-corrected chi connectivity index (χ0v) is 18.3. The van der Waals surface area contributed by atoms with Gasteiger partial charge in [0.25, 0.3) is 0 Å². The minimum absolute atomic E-state index is 0.183. The van der Waals surface area contributed by atoms with Crippen LogP contribution in [0.15, 0.2) is 59.1 Å². The summed E-state index contributed by atoms with van der Waals surface area (Å²) in [6.07, 6.45) is 0. The summed E-state index contributed by atoms with van der Waals surface area (Å²) in [5.74, 6) is 0. The average molecular weight is 447 g/mol. The molecule has 1 heterocycles. The number of hydrogen-bond donors (Lipinski definition) is 2. The summed E-state index contributed by atoms with van der Waals surface area (Å²) in [5, 5.41) is 7.45. The Morgan fingerprint density at radius 3 is 2.41 bits per heavy atom. The van der Waals surface area contributed by atoms with Gasteiger partial charge in [-0.1, -0.05) is 52.3 Å². The van der Waals surface area contributed by atoms with Crippen molar-refractivity contribution in [3.63, 3.8) is 0 Å². The monoisotopic (exact) mass is 446 g/mol. The van der Waals surface area contributed by atoms with Gasteiger partial charge in [-0.15, -0.1) is 0 Å². The Hall–Kier alpha value is -1.47. The summed E-state index contributed by atoms with van der Waals surface area (Å²) >= 11 is 9.08. The summed E-state index contributed by atoms with van der Waals surface area (Å²) in [4.78, 5) is 4.95. The van der Waals surface area contributed by atoms with E-state index in [0.29, 0.717) is 5.11 Å². The van der Waals surface area contributed by atoms with Crippen molar-refractivity contribution in [2.75, 3.05) is 38.5 Å². The maximum absolute atomic E-state index is 5.58. The summed E-state index contributed by atoms with van der Waals surface area (Å²) in [6.45, 7) is 6.53. The van der Waals surface area contributed by atoms with Crippen LogP contribution in [0.4, 0.5) is 5.69 Å². The quantitative estimate of drug-likeness (QED) is 0.674. The highest BCUT2D eigenvalue weighted by Crippen LogP contribution is 2.26. The van der Waals surface area contributed by atoms with E-state index in [9.17, 15) is 0 Å². The SMILES string of the molecule is CC(NC(=S)Nc1cccc(Br)c1)C(c1ccccc1)N1CCN(C)CC1. The summed E-state index contributed by atoms with van der Waals surface area (Å²) in [5.41, 5.74) is 2.30. The van der Waals surface area contributed by atoms with Crippen LogP contribution >= 0.6 is 28.1 Å². The summed E-state index contributed by atoms with van der Waals surface area (Å²) in [7, 11) is 2.19. The molecule has 1 saturated heterocycles. The first-order valence-electron chi connectivity index (χ1n) is 9.33. The van der Waals surface area contributed by atoms with Crippen LogP contribution in [0.5, 0.6) is 0 Å². The van der Waals surface area contributed by atoms with E-state index in [0.717, 1.165) is 36.3 Å². The third kappa shape index (κ3) is 5.75. The Kier molecular flexibility index (Phi) is 7.24. The number of nitrogens with one attached hydrogen (secondary N) is 2. The zero-order chi connectivity index (χ0) is 19.2. The number of nitrogens with zero attached hydrogens (tertiary/aromatic N) is 2. The molecule has 4 nitrogen and oxygen atoms in total. The van der Waals surface area contributed by atoms with E-state index < -0.39 is 0 Å². The van der Waals surface area contributed by atoms with Gasteiger partial charge in [-0.25, -0.2) is 0 Å². The Morgan fingerprint density at radius 1 is 1.04 bits per heavy atom. The number of thiocarbonyl (C=S) groups is 1. The molecule has 27 heavy (non-hydrogen) atoms. The lowest BCUT2D eigenvalue weighted by Crippen LogP contribution is -2.52. The maximum atomic E-state index is 5.58. The highest BCUT2D eigenvalue weighted by atomic mass is 79.9. The standard InChI is InChI=1S/C21H27BrN4S/c1-16(23-21(27)24-19-10-6-9-18(22)15-19)20(17-7-4-3-5-8-17)26-13-11-25(2)12-14-26/h3-10,15-16,20H,11-14H2,1-2H3,(H2,23,24,27). The van der Waals surface area contributed by atoms with Crippen LogP contribution in [0.1, 0.15) is 18.5 Å². The largest absolute Gasteiger partial charge is 0.358 e. The summed E-state index contributed by atoms with van der Waals surface area (Å²) in [6, 6.07) is 19.2.